The molecule has 0 unspecified atom stereocenters. The Labute approximate surface area is 106 Å². The molecule has 100 valence electrons. The van der Waals surface area contributed by atoms with Gasteiger partial charge in [0.05, 0.1) is 0 Å². The summed E-state index contributed by atoms with van der Waals surface area (Å²) in [6.45, 7) is 2.42. The van der Waals surface area contributed by atoms with Crippen LogP contribution in [0.4, 0.5) is 0 Å². The van der Waals surface area contributed by atoms with Gasteiger partial charge in [-0.15, -0.1) is 11.6 Å². The van der Waals surface area contributed by atoms with E-state index in [2.05, 4.69) is 6.92 Å². The van der Waals surface area contributed by atoms with Gasteiger partial charge in [-0.25, -0.2) is 0 Å². The topological polar surface area (TPSA) is 75.5 Å². The predicted octanol–water partition coefficient (Wildman–Crippen LogP) is 3.36. The molecule has 0 saturated carbocycles. The highest BCUT2D eigenvalue weighted by molar-refractivity contribution is 6.23. The minimum absolute atomic E-state index is 0. The molecule has 16 heavy (non-hydrogen) atoms. The van der Waals surface area contributed by atoms with Crippen molar-refractivity contribution in [3.8, 4) is 0 Å². The summed E-state index contributed by atoms with van der Waals surface area (Å²) in [5.74, 6) is 0. The maximum absolute atomic E-state index is 8.90. The Morgan fingerprint density at radius 2 is 1.44 bits per heavy atom. The van der Waals surface area contributed by atoms with E-state index in [1.165, 1.54) is 25.7 Å². The van der Waals surface area contributed by atoms with Gasteiger partial charge in [0.1, 0.15) is 0 Å². The third kappa shape index (κ3) is 9.40. The Hall–Kier alpha value is 0.170. The lowest BCUT2D eigenvalue weighted by Crippen LogP contribution is -2.24. The number of hydrogen-bond acceptors (Lipinski definition) is 3. The molecule has 0 aromatic carbocycles. The van der Waals surface area contributed by atoms with Crippen molar-refractivity contribution in [1.29, 1.82) is 0 Å². The van der Waals surface area contributed by atoms with Gasteiger partial charge in [0.15, 0.2) is 0 Å². The zero-order valence-corrected chi connectivity index (χ0v) is 11.3. The van der Waals surface area contributed by atoms with Crippen molar-refractivity contribution in [2.45, 2.75) is 63.2 Å². The summed E-state index contributed by atoms with van der Waals surface area (Å²) >= 11 is 6.33. The zero-order chi connectivity index (χ0) is 11.6. The Balaban J connectivity index is -0.000000980. The minimum atomic E-state index is -0.379. The summed E-state index contributed by atoms with van der Waals surface area (Å²) in [7, 11) is 0. The first-order valence-corrected chi connectivity index (χ1v) is 6.47. The third-order valence-corrected chi connectivity index (χ3v) is 3.42. The van der Waals surface area contributed by atoms with Crippen LogP contribution in [0.1, 0.15) is 59.7 Å². The Bertz CT molecular complexity index is 144. The van der Waals surface area contributed by atoms with Crippen molar-refractivity contribution in [1.82, 2.24) is 6.15 Å². The van der Waals surface area contributed by atoms with Gasteiger partial charge in [-0.05, 0) is 19.3 Å². The lowest BCUT2D eigenvalue weighted by atomic mass is 9.93. The standard InChI is InChI=1S/C12H25ClO2.H3N/c1-2-3-4-5-6-7-12(13,8-10-14)9-11-15;/h14-15H,2-11H2,1H3;1H3/p+1. The number of hydrogen-bond donors (Lipinski definition) is 3. The molecule has 0 aromatic heterocycles. The molecule has 3 nitrogen and oxygen atoms in total. The summed E-state index contributed by atoms with van der Waals surface area (Å²) in [4.78, 5) is -0.379. The van der Waals surface area contributed by atoms with E-state index in [4.69, 9.17) is 21.8 Å². The van der Waals surface area contributed by atoms with E-state index in [-0.39, 0.29) is 25.7 Å². The summed E-state index contributed by atoms with van der Waals surface area (Å²) < 4.78 is 0. The average Bonchev–Trinajstić information content (AvgIpc) is 2.18. The fourth-order valence-corrected chi connectivity index (χ4v) is 2.12. The summed E-state index contributed by atoms with van der Waals surface area (Å²) in [5, 5.41) is 17.8. The first-order valence-electron chi connectivity index (χ1n) is 6.09. The van der Waals surface area contributed by atoms with Crippen LogP contribution in [-0.2, 0) is 0 Å². The number of alkyl halides is 1. The highest BCUT2D eigenvalue weighted by atomic mass is 35.5. The molecule has 0 radical (unpaired) electrons. The zero-order valence-electron chi connectivity index (χ0n) is 11.6. The normalized spacial score (nSPS) is 11.2. The van der Waals surface area contributed by atoms with Crippen molar-refractivity contribution >= 4 is 11.6 Å². The van der Waals surface area contributed by atoms with E-state index in [1.807, 2.05) is 0 Å². The van der Waals surface area contributed by atoms with Gasteiger partial charge in [0.25, 0.3) is 0 Å². The van der Waals surface area contributed by atoms with Gasteiger partial charge in [0.2, 0.25) is 0 Å². The van der Waals surface area contributed by atoms with E-state index in [1.54, 1.807) is 0 Å². The van der Waals surface area contributed by atoms with Gasteiger partial charge in [0, 0.05) is 18.1 Å². The first-order chi connectivity index (χ1) is 7.18. The van der Waals surface area contributed by atoms with Crippen LogP contribution in [0.5, 0.6) is 0 Å². The lowest BCUT2D eigenvalue weighted by Gasteiger charge is -2.25. The molecule has 0 atom stereocenters. The molecule has 0 aliphatic carbocycles. The number of aliphatic hydroxyl groups is 2. The van der Waals surface area contributed by atoms with Crippen LogP contribution in [0.2, 0.25) is 0 Å². The summed E-state index contributed by atoms with van der Waals surface area (Å²) in [6, 6.07) is 0. The van der Waals surface area contributed by atoms with Crippen LogP contribution >= 0.6 is 11.6 Å². The van der Waals surface area contributed by atoms with E-state index in [0.29, 0.717) is 12.8 Å². The fourth-order valence-electron chi connectivity index (χ4n) is 1.82. The second-order valence-corrected chi connectivity index (χ2v) is 5.06. The van der Waals surface area contributed by atoms with Gasteiger partial charge in [-0.2, -0.15) is 0 Å². The molecule has 5 N–H and O–H groups in total. The quantitative estimate of drug-likeness (QED) is 0.413. The molecule has 0 aliphatic rings. The molecular formula is C12H29ClNO2+. The molecule has 0 heterocycles. The Morgan fingerprint density at radius 3 is 1.88 bits per heavy atom. The van der Waals surface area contributed by atoms with Crippen LogP contribution in [0.15, 0.2) is 0 Å². The smallest absolute Gasteiger partial charge is 0.396 e. The Kier molecular flexibility index (Phi) is 13.5. The highest BCUT2D eigenvalue weighted by Crippen LogP contribution is 2.30. The molecule has 0 amide bonds. The molecule has 0 aromatic rings. The molecule has 0 fully saturated rings. The maximum atomic E-state index is 8.90. The van der Waals surface area contributed by atoms with Crippen LogP contribution in [0.25, 0.3) is 0 Å². The van der Waals surface area contributed by atoms with E-state index < -0.39 is 0 Å². The fraction of sp³-hybridized carbons (Fsp3) is 1.00. The second kappa shape index (κ2) is 11.6. The number of aliphatic hydroxyl groups excluding tert-OH is 2. The highest BCUT2D eigenvalue weighted by Gasteiger charge is 2.25. The third-order valence-electron chi connectivity index (χ3n) is 2.85. The molecular weight excluding hydrogens is 226 g/mol. The van der Waals surface area contributed by atoms with Crippen molar-refractivity contribution in [2.75, 3.05) is 13.2 Å². The van der Waals surface area contributed by atoms with Gasteiger partial charge in [-0.1, -0.05) is 39.0 Å². The molecule has 4 heteroatoms. The Morgan fingerprint density at radius 1 is 0.938 bits per heavy atom. The number of halogens is 1. The van der Waals surface area contributed by atoms with Gasteiger partial charge in [-0.3, -0.25) is 0 Å². The van der Waals surface area contributed by atoms with Crippen molar-refractivity contribution in [3.05, 3.63) is 0 Å². The van der Waals surface area contributed by atoms with Crippen molar-refractivity contribution in [3.63, 3.8) is 0 Å². The lowest BCUT2D eigenvalue weighted by molar-refractivity contribution is 0.220. The largest absolute Gasteiger partial charge is 1.00 e. The van der Waals surface area contributed by atoms with E-state index in [9.17, 15) is 0 Å². The van der Waals surface area contributed by atoms with Crippen molar-refractivity contribution in [2.24, 2.45) is 0 Å². The molecule has 0 rings (SSSR count). The van der Waals surface area contributed by atoms with Gasteiger partial charge >= 0.3 is 1.43 Å². The van der Waals surface area contributed by atoms with Gasteiger partial charge < -0.3 is 16.4 Å². The minimum Gasteiger partial charge on any atom is -0.396 e. The van der Waals surface area contributed by atoms with Crippen LogP contribution in [0.3, 0.4) is 0 Å². The number of unbranched alkanes of at least 4 members (excludes halogenated alkanes) is 4. The van der Waals surface area contributed by atoms with E-state index in [0.717, 1.165) is 12.8 Å². The SMILES string of the molecule is CCCCCCCC(Cl)(CCO)CCO.N.[H+]. The maximum Gasteiger partial charge on any atom is 1.00 e. The molecule has 0 aliphatic heterocycles. The average molecular weight is 255 g/mol. The van der Waals surface area contributed by atoms with E-state index >= 15 is 0 Å². The van der Waals surface area contributed by atoms with Crippen molar-refractivity contribution < 1.29 is 11.6 Å². The molecule has 0 saturated heterocycles. The monoisotopic (exact) mass is 254 g/mol. The van der Waals surface area contributed by atoms with Crippen LogP contribution < -0.4 is 6.15 Å². The second-order valence-electron chi connectivity index (χ2n) is 4.26. The molecule has 0 bridgehead atoms. The summed E-state index contributed by atoms with van der Waals surface area (Å²) in [5.41, 5.74) is 0. The summed E-state index contributed by atoms with van der Waals surface area (Å²) in [6.07, 6.45) is 8.18. The van der Waals surface area contributed by atoms with Crippen LogP contribution in [0, 0.1) is 0 Å². The number of rotatable bonds is 10. The first kappa shape index (κ1) is 18.5. The molecule has 0 spiro atoms. The predicted molar refractivity (Wildman–Crippen MR) is 71.5 cm³/mol. The van der Waals surface area contributed by atoms with Crippen LogP contribution in [-0.4, -0.2) is 28.3 Å².